The zero-order valence-electron chi connectivity index (χ0n) is 13.2. The molecule has 0 saturated carbocycles. The van der Waals surface area contributed by atoms with Gasteiger partial charge in [-0.2, -0.15) is 0 Å². The third kappa shape index (κ3) is 4.26. The van der Waals surface area contributed by atoms with Crippen LogP contribution in [0.15, 0.2) is 72.2 Å². The van der Waals surface area contributed by atoms with Crippen LogP contribution in [0.1, 0.15) is 10.8 Å². The van der Waals surface area contributed by atoms with Crippen molar-refractivity contribution in [3.63, 3.8) is 0 Å². The van der Waals surface area contributed by atoms with E-state index >= 15 is 0 Å². The predicted molar refractivity (Wildman–Crippen MR) is 108 cm³/mol. The molecule has 0 radical (unpaired) electrons. The molecule has 0 saturated heterocycles. The average molecular weight is 492 g/mol. The summed E-state index contributed by atoms with van der Waals surface area (Å²) < 4.78 is 54.5. The van der Waals surface area contributed by atoms with Crippen molar-refractivity contribution in [2.75, 3.05) is 6.54 Å². The summed E-state index contributed by atoms with van der Waals surface area (Å²) >= 11 is 5.41. The largest absolute Gasteiger partial charge is 0.250 e. The van der Waals surface area contributed by atoms with Crippen molar-refractivity contribution in [1.82, 2.24) is 4.72 Å². The number of sulfonamides is 1. The van der Waals surface area contributed by atoms with Crippen LogP contribution < -0.4 is 4.72 Å². The van der Waals surface area contributed by atoms with Crippen LogP contribution in [0.3, 0.4) is 0 Å². The molecule has 2 aromatic heterocycles. The molecule has 0 aliphatic heterocycles. The average Bonchev–Trinajstić information content (AvgIpc) is 3.27. The molecular formula is C16H14BrNO4S4. The van der Waals surface area contributed by atoms with Gasteiger partial charge in [0.25, 0.3) is 0 Å². The third-order valence-corrected chi connectivity index (χ3v) is 10.7. The van der Waals surface area contributed by atoms with Crippen LogP contribution in [0, 0.1) is 0 Å². The lowest BCUT2D eigenvalue weighted by Crippen LogP contribution is -2.31. The molecule has 0 fully saturated rings. The second-order valence-corrected chi connectivity index (χ2v) is 13.0. The van der Waals surface area contributed by atoms with Gasteiger partial charge < -0.3 is 0 Å². The Hall–Kier alpha value is -1.04. The van der Waals surface area contributed by atoms with Crippen LogP contribution >= 0.6 is 38.6 Å². The Labute approximate surface area is 168 Å². The van der Waals surface area contributed by atoms with Crippen LogP contribution in [0.2, 0.25) is 0 Å². The van der Waals surface area contributed by atoms with Crippen molar-refractivity contribution in [2.24, 2.45) is 0 Å². The van der Waals surface area contributed by atoms with Gasteiger partial charge in [-0.25, -0.2) is 21.6 Å². The lowest BCUT2D eigenvalue weighted by molar-refractivity contribution is 0.571. The molecule has 3 rings (SSSR count). The van der Waals surface area contributed by atoms with Gasteiger partial charge in [0, 0.05) is 6.54 Å². The van der Waals surface area contributed by atoms with E-state index in [4.69, 9.17) is 0 Å². The number of nitrogens with one attached hydrogen (secondary N) is 1. The Morgan fingerprint density at radius 2 is 1.65 bits per heavy atom. The first-order chi connectivity index (χ1) is 12.3. The van der Waals surface area contributed by atoms with Crippen LogP contribution in [-0.2, 0) is 19.9 Å². The van der Waals surface area contributed by atoms with Gasteiger partial charge in [0.1, 0.15) is 13.7 Å². The highest BCUT2D eigenvalue weighted by Crippen LogP contribution is 2.32. The van der Waals surface area contributed by atoms with Gasteiger partial charge in [-0.15, -0.1) is 22.7 Å². The molecule has 26 heavy (non-hydrogen) atoms. The molecule has 1 aromatic carbocycles. The SMILES string of the molecule is O=S(=O)(NC[C@H](c1ccccc1)S(=O)(=O)c1cccs1)c1ccc(Br)s1. The van der Waals surface area contributed by atoms with Crippen LogP contribution in [0.25, 0.3) is 0 Å². The molecule has 1 N–H and O–H groups in total. The summed E-state index contributed by atoms with van der Waals surface area (Å²) in [5.41, 5.74) is 0.538. The maximum atomic E-state index is 13.0. The number of rotatable bonds is 7. The third-order valence-electron chi connectivity index (χ3n) is 3.59. The molecular weight excluding hydrogens is 478 g/mol. The van der Waals surface area contributed by atoms with E-state index in [1.54, 1.807) is 47.8 Å². The highest BCUT2D eigenvalue weighted by Gasteiger charge is 2.31. The summed E-state index contributed by atoms with van der Waals surface area (Å²) in [6.07, 6.45) is 0. The topological polar surface area (TPSA) is 80.3 Å². The quantitative estimate of drug-likeness (QED) is 0.540. The molecule has 138 valence electrons. The second kappa shape index (κ2) is 7.91. The van der Waals surface area contributed by atoms with Gasteiger partial charge in [-0.05, 0) is 45.1 Å². The van der Waals surface area contributed by atoms with Crippen LogP contribution in [-0.4, -0.2) is 23.4 Å². The minimum absolute atomic E-state index is 0.129. The van der Waals surface area contributed by atoms with Crippen molar-refractivity contribution < 1.29 is 16.8 Å². The van der Waals surface area contributed by atoms with Crippen molar-refractivity contribution in [2.45, 2.75) is 13.7 Å². The number of hydrogen-bond acceptors (Lipinski definition) is 6. The van der Waals surface area contributed by atoms with Crippen LogP contribution in [0.5, 0.6) is 0 Å². The molecule has 0 aliphatic rings. The van der Waals surface area contributed by atoms with Crippen LogP contribution in [0.4, 0.5) is 0 Å². The Morgan fingerprint density at radius 1 is 0.923 bits per heavy atom. The van der Waals surface area contributed by atoms with Gasteiger partial charge in [0.2, 0.25) is 10.0 Å². The predicted octanol–water partition coefficient (Wildman–Crippen LogP) is 4.07. The Bertz CT molecular complexity index is 1070. The van der Waals surface area contributed by atoms with Gasteiger partial charge in [-0.1, -0.05) is 36.4 Å². The minimum Gasteiger partial charge on any atom is -0.222 e. The van der Waals surface area contributed by atoms with Gasteiger partial charge >= 0.3 is 0 Å². The van der Waals surface area contributed by atoms with Gasteiger partial charge in [0.05, 0.1) is 3.79 Å². The number of sulfone groups is 1. The number of benzene rings is 1. The molecule has 10 heteroatoms. The van der Waals surface area contributed by atoms with E-state index in [2.05, 4.69) is 20.7 Å². The van der Waals surface area contributed by atoms with Crippen molar-refractivity contribution in [1.29, 1.82) is 0 Å². The summed E-state index contributed by atoms with van der Waals surface area (Å²) in [6, 6.07) is 14.9. The fourth-order valence-corrected chi connectivity index (χ4v) is 8.41. The zero-order chi connectivity index (χ0) is 18.8. The van der Waals surface area contributed by atoms with E-state index in [1.165, 1.54) is 12.1 Å². The van der Waals surface area contributed by atoms with Gasteiger partial charge in [0.15, 0.2) is 9.84 Å². The standard InChI is InChI=1S/C16H14BrNO4S4/c17-14-8-9-16(24-14)26(21,22)18-11-13(12-5-2-1-3-6-12)25(19,20)15-7-4-10-23-15/h1-10,13,18H,11H2/t13-/m1/s1. The van der Waals surface area contributed by atoms with Crippen molar-refractivity contribution in [3.05, 3.63) is 69.3 Å². The number of thiophene rings is 2. The molecule has 0 unspecified atom stereocenters. The van der Waals surface area contributed by atoms with E-state index < -0.39 is 25.1 Å². The number of hydrogen-bond donors (Lipinski definition) is 1. The fourth-order valence-electron chi connectivity index (χ4n) is 2.34. The zero-order valence-corrected chi connectivity index (χ0v) is 18.1. The van der Waals surface area contributed by atoms with E-state index in [0.717, 1.165) is 22.7 Å². The van der Waals surface area contributed by atoms with Gasteiger partial charge in [-0.3, -0.25) is 0 Å². The molecule has 0 bridgehead atoms. The summed E-state index contributed by atoms with van der Waals surface area (Å²) in [7, 11) is -7.52. The highest BCUT2D eigenvalue weighted by molar-refractivity contribution is 9.11. The second-order valence-electron chi connectivity index (χ2n) is 5.29. The molecule has 0 amide bonds. The van der Waals surface area contributed by atoms with Crippen molar-refractivity contribution in [3.8, 4) is 0 Å². The molecule has 5 nitrogen and oxygen atoms in total. The summed E-state index contributed by atoms with van der Waals surface area (Å²) in [6.45, 7) is -0.248. The Morgan fingerprint density at radius 3 is 2.23 bits per heavy atom. The molecule has 2 heterocycles. The van der Waals surface area contributed by atoms with E-state index in [9.17, 15) is 16.8 Å². The summed E-state index contributed by atoms with van der Waals surface area (Å²) in [4.78, 5) is 0. The minimum atomic E-state index is -3.79. The number of halogens is 1. The fraction of sp³-hybridized carbons (Fsp3) is 0.125. The van der Waals surface area contributed by atoms with Crippen molar-refractivity contribution >= 4 is 58.5 Å². The smallest absolute Gasteiger partial charge is 0.222 e. The molecule has 3 aromatic rings. The highest BCUT2D eigenvalue weighted by atomic mass is 79.9. The maximum Gasteiger partial charge on any atom is 0.250 e. The Balaban J connectivity index is 1.93. The summed E-state index contributed by atoms with van der Waals surface area (Å²) in [5.74, 6) is 0. The first-order valence-corrected chi connectivity index (χ1v) is 12.9. The van der Waals surface area contributed by atoms with E-state index in [-0.39, 0.29) is 15.0 Å². The lowest BCUT2D eigenvalue weighted by Gasteiger charge is -2.18. The molecule has 0 spiro atoms. The maximum absolute atomic E-state index is 13.0. The normalized spacial score (nSPS) is 13.6. The monoisotopic (exact) mass is 491 g/mol. The first kappa shape index (κ1) is 19.7. The lowest BCUT2D eigenvalue weighted by atomic mass is 10.1. The van der Waals surface area contributed by atoms with E-state index in [0.29, 0.717) is 9.35 Å². The first-order valence-electron chi connectivity index (χ1n) is 7.38. The summed E-state index contributed by atoms with van der Waals surface area (Å²) in [5, 5.41) is 0.669. The van der Waals surface area contributed by atoms with E-state index in [1.807, 2.05) is 0 Å². The molecule has 0 aliphatic carbocycles. The Kier molecular flexibility index (Phi) is 6.00. The molecule has 1 atom stereocenters.